The minimum atomic E-state index is -1.05. The van der Waals surface area contributed by atoms with Gasteiger partial charge in [-0.05, 0) is 11.5 Å². The Hall–Kier alpha value is -1.16. The van der Waals surface area contributed by atoms with Crippen molar-refractivity contribution in [2.75, 3.05) is 5.88 Å². The van der Waals surface area contributed by atoms with Gasteiger partial charge in [0.15, 0.2) is 0 Å². The molecule has 1 aromatic heterocycles. The third kappa shape index (κ3) is 2.02. The number of pyridine rings is 1. The van der Waals surface area contributed by atoms with Crippen molar-refractivity contribution in [3.8, 4) is 0 Å². The highest BCUT2D eigenvalue weighted by atomic mass is 35.5. The van der Waals surface area contributed by atoms with E-state index in [4.69, 9.17) is 11.6 Å². The molecule has 84 valence electrons. The largest absolute Gasteiger partial charge is 0.389 e. The van der Waals surface area contributed by atoms with Crippen molar-refractivity contribution in [3.05, 3.63) is 42.2 Å². The van der Waals surface area contributed by atoms with Gasteiger partial charge in [-0.25, -0.2) is 0 Å². The van der Waals surface area contributed by atoms with Gasteiger partial charge in [0.2, 0.25) is 0 Å². The highest BCUT2D eigenvalue weighted by Gasteiger charge is 2.20. The molecule has 2 N–H and O–H groups in total. The van der Waals surface area contributed by atoms with Gasteiger partial charge in [0.25, 0.3) is 0 Å². The first-order chi connectivity index (χ1) is 7.74. The fraction of sp³-hybridized carbons (Fsp3) is 0.250. The molecule has 0 fully saturated rings. The Bertz CT molecular complexity index is 484. The third-order valence-corrected chi connectivity index (χ3v) is 2.82. The topological polar surface area (TPSA) is 53.4 Å². The van der Waals surface area contributed by atoms with E-state index >= 15 is 0 Å². The summed E-state index contributed by atoms with van der Waals surface area (Å²) in [5.41, 5.74) is 0.464. The Morgan fingerprint density at radius 2 is 1.94 bits per heavy atom. The van der Waals surface area contributed by atoms with Gasteiger partial charge in [0.1, 0.15) is 6.10 Å². The molecule has 0 amide bonds. The molecule has 2 atom stereocenters. The van der Waals surface area contributed by atoms with Crippen molar-refractivity contribution < 1.29 is 10.2 Å². The summed E-state index contributed by atoms with van der Waals surface area (Å²) in [5, 5.41) is 21.2. The van der Waals surface area contributed by atoms with Gasteiger partial charge < -0.3 is 10.2 Å². The summed E-state index contributed by atoms with van der Waals surface area (Å²) in [5.74, 6) is -0.0218. The minimum Gasteiger partial charge on any atom is -0.389 e. The molecule has 0 saturated carbocycles. The maximum atomic E-state index is 9.89. The summed E-state index contributed by atoms with van der Waals surface area (Å²) in [6.45, 7) is 0. The first kappa shape index (κ1) is 11.3. The van der Waals surface area contributed by atoms with Crippen LogP contribution in [0.25, 0.3) is 10.8 Å². The van der Waals surface area contributed by atoms with E-state index in [9.17, 15) is 10.2 Å². The maximum Gasteiger partial charge on any atom is 0.123 e. The van der Waals surface area contributed by atoms with Crippen LogP contribution in [0.1, 0.15) is 11.8 Å². The van der Waals surface area contributed by atoms with Crippen molar-refractivity contribution in [1.29, 1.82) is 0 Å². The van der Waals surface area contributed by atoms with E-state index in [1.807, 2.05) is 30.3 Å². The molecule has 16 heavy (non-hydrogen) atoms. The van der Waals surface area contributed by atoms with Gasteiger partial charge >= 0.3 is 0 Å². The first-order valence-corrected chi connectivity index (χ1v) is 5.53. The molecule has 2 rings (SSSR count). The molecule has 0 saturated heterocycles. The number of benzene rings is 1. The molecule has 0 radical (unpaired) electrons. The highest BCUT2D eigenvalue weighted by molar-refractivity contribution is 6.18. The van der Waals surface area contributed by atoms with Gasteiger partial charge in [-0.1, -0.05) is 24.3 Å². The van der Waals surface area contributed by atoms with Crippen LogP contribution in [0, 0.1) is 0 Å². The van der Waals surface area contributed by atoms with Crippen LogP contribution < -0.4 is 0 Å². The summed E-state index contributed by atoms with van der Waals surface area (Å²) < 4.78 is 0. The number of aliphatic hydroxyl groups is 2. The molecule has 4 heteroatoms. The van der Waals surface area contributed by atoms with E-state index in [1.165, 1.54) is 0 Å². The molecular formula is C12H12ClNO2. The van der Waals surface area contributed by atoms with Crippen LogP contribution in [0.15, 0.2) is 36.5 Å². The fourth-order valence-corrected chi connectivity index (χ4v) is 1.81. The van der Waals surface area contributed by atoms with Crippen LogP contribution in [0.3, 0.4) is 0 Å². The van der Waals surface area contributed by atoms with Crippen molar-refractivity contribution in [1.82, 2.24) is 4.98 Å². The third-order valence-electron chi connectivity index (χ3n) is 2.51. The molecule has 0 spiro atoms. The van der Waals surface area contributed by atoms with Crippen LogP contribution in [-0.4, -0.2) is 27.2 Å². The normalized spacial score (nSPS) is 14.9. The molecule has 1 heterocycles. The molecule has 1 aromatic carbocycles. The highest BCUT2D eigenvalue weighted by Crippen LogP contribution is 2.24. The zero-order valence-electron chi connectivity index (χ0n) is 8.55. The zero-order chi connectivity index (χ0) is 11.5. The Balaban J connectivity index is 2.52. The van der Waals surface area contributed by atoms with Crippen LogP contribution >= 0.6 is 11.6 Å². The standard InChI is InChI=1S/C12H12ClNO2/c13-7-10(15)12(16)11-9-4-2-1-3-8(9)5-6-14-11/h1-6,10,12,15-16H,7H2. The lowest BCUT2D eigenvalue weighted by molar-refractivity contribution is 0.0310. The van der Waals surface area contributed by atoms with Crippen molar-refractivity contribution in [2.24, 2.45) is 0 Å². The van der Waals surface area contributed by atoms with Crippen LogP contribution in [0.2, 0.25) is 0 Å². The lowest BCUT2D eigenvalue weighted by Crippen LogP contribution is -2.20. The summed E-state index contributed by atoms with van der Waals surface area (Å²) >= 11 is 5.51. The Morgan fingerprint density at radius 1 is 1.19 bits per heavy atom. The number of rotatable bonds is 3. The van der Waals surface area contributed by atoms with Gasteiger partial charge in [0.05, 0.1) is 17.7 Å². The van der Waals surface area contributed by atoms with E-state index < -0.39 is 12.2 Å². The van der Waals surface area contributed by atoms with Crippen molar-refractivity contribution in [2.45, 2.75) is 12.2 Å². The second-order valence-corrected chi connectivity index (χ2v) is 3.89. The second kappa shape index (κ2) is 4.78. The van der Waals surface area contributed by atoms with Crippen LogP contribution in [0.5, 0.6) is 0 Å². The molecule has 2 unspecified atom stereocenters. The minimum absolute atomic E-state index is 0.0218. The molecule has 3 nitrogen and oxygen atoms in total. The van der Waals surface area contributed by atoms with Crippen LogP contribution in [-0.2, 0) is 0 Å². The smallest absolute Gasteiger partial charge is 0.123 e. The monoisotopic (exact) mass is 237 g/mol. The predicted octanol–water partition coefficient (Wildman–Crippen LogP) is 1.87. The van der Waals surface area contributed by atoms with Crippen LogP contribution in [0.4, 0.5) is 0 Å². The summed E-state index contributed by atoms with van der Waals surface area (Å²) in [6.07, 6.45) is -0.439. The summed E-state index contributed by atoms with van der Waals surface area (Å²) in [7, 11) is 0. The Kier molecular flexibility index (Phi) is 3.39. The predicted molar refractivity (Wildman–Crippen MR) is 63.4 cm³/mol. The summed E-state index contributed by atoms with van der Waals surface area (Å²) in [6, 6.07) is 9.44. The van der Waals surface area contributed by atoms with Crippen molar-refractivity contribution >= 4 is 22.4 Å². The lowest BCUT2D eigenvalue weighted by Gasteiger charge is -2.16. The number of halogens is 1. The number of alkyl halides is 1. The molecule has 2 aromatic rings. The average Bonchev–Trinajstić information content (AvgIpc) is 2.36. The number of hydrogen-bond donors (Lipinski definition) is 2. The first-order valence-electron chi connectivity index (χ1n) is 5.00. The van der Waals surface area contributed by atoms with E-state index in [0.29, 0.717) is 5.69 Å². The average molecular weight is 238 g/mol. The molecule has 0 aliphatic rings. The van der Waals surface area contributed by atoms with E-state index in [1.54, 1.807) is 6.20 Å². The number of fused-ring (bicyclic) bond motifs is 1. The Labute approximate surface area is 98.3 Å². The van der Waals surface area contributed by atoms with E-state index in [-0.39, 0.29) is 5.88 Å². The fourth-order valence-electron chi connectivity index (χ4n) is 1.65. The molecule has 0 aliphatic carbocycles. The van der Waals surface area contributed by atoms with E-state index in [0.717, 1.165) is 10.8 Å². The van der Waals surface area contributed by atoms with Crippen molar-refractivity contribution in [3.63, 3.8) is 0 Å². The number of aromatic nitrogens is 1. The van der Waals surface area contributed by atoms with E-state index in [2.05, 4.69) is 4.98 Å². The van der Waals surface area contributed by atoms with Gasteiger partial charge in [0, 0.05) is 11.6 Å². The molecule has 0 aliphatic heterocycles. The van der Waals surface area contributed by atoms with Gasteiger partial charge in [-0.2, -0.15) is 0 Å². The second-order valence-electron chi connectivity index (χ2n) is 3.58. The zero-order valence-corrected chi connectivity index (χ0v) is 9.30. The van der Waals surface area contributed by atoms with Gasteiger partial charge in [-0.3, -0.25) is 4.98 Å². The SMILES string of the molecule is OC(CCl)C(O)c1nccc2ccccc12. The maximum absolute atomic E-state index is 9.89. The molecular weight excluding hydrogens is 226 g/mol. The molecule has 0 bridgehead atoms. The lowest BCUT2D eigenvalue weighted by atomic mass is 10.0. The Morgan fingerprint density at radius 3 is 2.69 bits per heavy atom. The van der Waals surface area contributed by atoms with Gasteiger partial charge in [-0.15, -0.1) is 11.6 Å². The quantitative estimate of drug-likeness (QED) is 0.802. The number of aliphatic hydroxyl groups excluding tert-OH is 2. The summed E-state index contributed by atoms with van der Waals surface area (Å²) in [4.78, 5) is 4.11. The number of hydrogen-bond acceptors (Lipinski definition) is 3. The number of nitrogens with zero attached hydrogens (tertiary/aromatic N) is 1.